The molecule has 0 spiro atoms. The standard InChI is InChI=1S/C14H23NO4/c1-14(2,3)19-13(17)15-9-5-6-11(10-15)7-8-12(16)18-4/h7-8,11H,5-6,9-10H2,1-4H3. The zero-order valence-electron chi connectivity index (χ0n) is 12.1. The zero-order chi connectivity index (χ0) is 14.5. The average Bonchev–Trinajstić information content (AvgIpc) is 2.34. The Hall–Kier alpha value is -1.52. The Morgan fingerprint density at radius 2 is 2.00 bits per heavy atom. The number of rotatable bonds is 2. The lowest BCUT2D eigenvalue weighted by atomic mass is 9.98. The predicted molar refractivity (Wildman–Crippen MR) is 71.7 cm³/mol. The van der Waals surface area contributed by atoms with Gasteiger partial charge in [-0.3, -0.25) is 0 Å². The fourth-order valence-electron chi connectivity index (χ4n) is 1.94. The van der Waals surface area contributed by atoms with Crippen molar-refractivity contribution < 1.29 is 19.1 Å². The van der Waals surface area contributed by atoms with Crippen LogP contribution in [-0.4, -0.2) is 42.8 Å². The van der Waals surface area contributed by atoms with Crippen molar-refractivity contribution in [2.45, 2.75) is 39.2 Å². The number of hydrogen-bond acceptors (Lipinski definition) is 4. The van der Waals surface area contributed by atoms with E-state index in [1.807, 2.05) is 26.8 Å². The van der Waals surface area contributed by atoms with Gasteiger partial charge in [-0.1, -0.05) is 6.08 Å². The van der Waals surface area contributed by atoms with Crippen LogP contribution in [0.2, 0.25) is 0 Å². The number of carbonyl (C=O) groups excluding carboxylic acids is 2. The number of likely N-dealkylation sites (tertiary alicyclic amines) is 1. The normalized spacial score (nSPS) is 20.4. The fraction of sp³-hybridized carbons (Fsp3) is 0.714. The monoisotopic (exact) mass is 269 g/mol. The quantitative estimate of drug-likeness (QED) is 0.570. The molecule has 0 bridgehead atoms. The van der Waals surface area contributed by atoms with Crippen LogP contribution in [0.15, 0.2) is 12.2 Å². The highest BCUT2D eigenvalue weighted by Gasteiger charge is 2.26. The summed E-state index contributed by atoms with van der Waals surface area (Å²) < 4.78 is 9.89. The van der Waals surface area contributed by atoms with Crippen LogP contribution in [0.5, 0.6) is 0 Å². The van der Waals surface area contributed by atoms with Gasteiger partial charge >= 0.3 is 12.1 Å². The highest BCUT2D eigenvalue weighted by atomic mass is 16.6. The third-order valence-corrected chi connectivity index (χ3v) is 2.82. The molecule has 1 aliphatic heterocycles. The molecular weight excluding hydrogens is 246 g/mol. The van der Waals surface area contributed by atoms with Crippen molar-refractivity contribution >= 4 is 12.1 Å². The lowest BCUT2D eigenvalue weighted by Crippen LogP contribution is -2.42. The Labute approximate surface area is 114 Å². The van der Waals surface area contributed by atoms with E-state index in [2.05, 4.69) is 4.74 Å². The highest BCUT2D eigenvalue weighted by Crippen LogP contribution is 2.20. The zero-order valence-corrected chi connectivity index (χ0v) is 12.1. The van der Waals surface area contributed by atoms with E-state index in [-0.39, 0.29) is 18.0 Å². The van der Waals surface area contributed by atoms with Crippen LogP contribution in [-0.2, 0) is 14.3 Å². The third kappa shape index (κ3) is 5.77. The molecule has 1 rings (SSSR count). The molecule has 1 aliphatic rings. The summed E-state index contributed by atoms with van der Waals surface area (Å²) in [5.74, 6) is -0.185. The number of methoxy groups -OCH3 is 1. The van der Waals surface area contributed by atoms with Gasteiger partial charge in [0.1, 0.15) is 5.60 Å². The van der Waals surface area contributed by atoms with Gasteiger partial charge in [-0.25, -0.2) is 9.59 Å². The number of carbonyl (C=O) groups is 2. The minimum Gasteiger partial charge on any atom is -0.466 e. The van der Waals surface area contributed by atoms with E-state index < -0.39 is 5.60 Å². The van der Waals surface area contributed by atoms with Gasteiger partial charge in [-0.15, -0.1) is 0 Å². The second kappa shape index (κ2) is 6.59. The molecule has 0 aromatic carbocycles. The number of amides is 1. The Morgan fingerprint density at radius 1 is 1.32 bits per heavy atom. The van der Waals surface area contributed by atoms with Crippen molar-refractivity contribution in [3.05, 3.63) is 12.2 Å². The maximum atomic E-state index is 11.9. The summed E-state index contributed by atoms with van der Waals surface area (Å²) in [6.07, 6.45) is 4.82. The summed E-state index contributed by atoms with van der Waals surface area (Å²) in [6.45, 7) is 6.84. The van der Waals surface area contributed by atoms with E-state index in [4.69, 9.17) is 4.74 Å². The molecule has 0 saturated carbocycles. The molecule has 1 saturated heterocycles. The molecule has 0 aliphatic carbocycles. The Balaban J connectivity index is 2.52. The van der Waals surface area contributed by atoms with Crippen LogP contribution in [0.25, 0.3) is 0 Å². The number of ether oxygens (including phenoxy) is 2. The van der Waals surface area contributed by atoms with Gasteiger partial charge in [0.2, 0.25) is 0 Å². The topological polar surface area (TPSA) is 55.8 Å². The van der Waals surface area contributed by atoms with Crippen LogP contribution < -0.4 is 0 Å². The van der Waals surface area contributed by atoms with Gasteiger partial charge < -0.3 is 14.4 Å². The molecular formula is C14H23NO4. The molecule has 0 radical (unpaired) electrons. The summed E-state index contributed by atoms with van der Waals surface area (Å²) in [5, 5.41) is 0. The van der Waals surface area contributed by atoms with Crippen molar-refractivity contribution in [2.24, 2.45) is 5.92 Å². The van der Waals surface area contributed by atoms with Gasteiger partial charge in [-0.05, 0) is 39.5 Å². The predicted octanol–water partition coefficient (Wildman–Crippen LogP) is 2.36. The summed E-state index contributed by atoms with van der Waals surface area (Å²) in [6, 6.07) is 0. The van der Waals surface area contributed by atoms with Gasteiger partial charge in [0.15, 0.2) is 0 Å². The molecule has 5 nitrogen and oxygen atoms in total. The Kier molecular flexibility index (Phi) is 5.39. The Morgan fingerprint density at radius 3 is 2.58 bits per heavy atom. The van der Waals surface area contributed by atoms with Crippen LogP contribution in [0.1, 0.15) is 33.6 Å². The molecule has 1 fully saturated rings. The van der Waals surface area contributed by atoms with Crippen molar-refractivity contribution in [1.82, 2.24) is 4.90 Å². The largest absolute Gasteiger partial charge is 0.466 e. The van der Waals surface area contributed by atoms with Gasteiger partial charge in [-0.2, -0.15) is 0 Å². The van der Waals surface area contributed by atoms with Gasteiger partial charge in [0, 0.05) is 19.2 Å². The number of piperidine rings is 1. The number of nitrogens with zero attached hydrogens (tertiary/aromatic N) is 1. The van der Waals surface area contributed by atoms with E-state index in [0.29, 0.717) is 13.1 Å². The molecule has 19 heavy (non-hydrogen) atoms. The molecule has 0 aromatic rings. The number of hydrogen-bond donors (Lipinski definition) is 0. The van der Waals surface area contributed by atoms with Crippen molar-refractivity contribution in [3.8, 4) is 0 Å². The Bertz CT molecular complexity index is 357. The minimum atomic E-state index is -0.480. The van der Waals surface area contributed by atoms with Gasteiger partial charge in [0.05, 0.1) is 7.11 Å². The summed E-state index contributed by atoms with van der Waals surface area (Å²) in [5.41, 5.74) is -0.480. The lowest BCUT2D eigenvalue weighted by molar-refractivity contribution is -0.134. The van der Waals surface area contributed by atoms with Crippen LogP contribution >= 0.6 is 0 Å². The second-order valence-electron chi connectivity index (χ2n) is 5.71. The third-order valence-electron chi connectivity index (χ3n) is 2.82. The van der Waals surface area contributed by atoms with E-state index in [9.17, 15) is 9.59 Å². The summed E-state index contributed by atoms with van der Waals surface area (Å²) in [4.78, 5) is 24.7. The van der Waals surface area contributed by atoms with Crippen molar-refractivity contribution in [3.63, 3.8) is 0 Å². The van der Waals surface area contributed by atoms with E-state index in [0.717, 1.165) is 12.8 Å². The van der Waals surface area contributed by atoms with Crippen LogP contribution in [0, 0.1) is 5.92 Å². The molecule has 0 aromatic heterocycles. The fourth-order valence-corrected chi connectivity index (χ4v) is 1.94. The van der Waals surface area contributed by atoms with E-state index in [1.165, 1.54) is 13.2 Å². The first-order valence-electron chi connectivity index (χ1n) is 6.56. The SMILES string of the molecule is COC(=O)C=CC1CCCN(C(=O)OC(C)(C)C)C1. The molecule has 1 amide bonds. The first-order valence-corrected chi connectivity index (χ1v) is 6.56. The molecule has 1 atom stereocenters. The van der Waals surface area contributed by atoms with Gasteiger partial charge in [0.25, 0.3) is 0 Å². The number of esters is 1. The maximum Gasteiger partial charge on any atom is 0.410 e. The van der Waals surface area contributed by atoms with E-state index in [1.54, 1.807) is 4.90 Å². The molecule has 1 heterocycles. The highest BCUT2D eigenvalue weighted by molar-refractivity contribution is 5.81. The molecule has 108 valence electrons. The first-order chi connectivity index (χ1) is 8.81. The van der Waals surface area contributed by atoms with Crippen molar-refractivity contribution in [1.29, 1.82) is 0 Å². The minimum absolute atomic E-state index is 0.181. The molecule has 5 heteroatoms. The summed E-state index contributed by atoms with van der Waals surface area (Å²) >= 11 is 0. The smallest absolute Gasteiger partial charge is 0.410 e. The molecule has 0 N–H and O–H groups in total. The summed E-state index contributed by atoms with van der Waals surface area (Å²) in [7, 11) is 1.35. The van der Waals surface area contributed by atoms with Crippen LogP contribution in [0.4, 0.5) is 4.79 Å². The average molecular weight is 269 g/mol. The lowest BCUT2D eigenvalue weighted by Gasteiger charge is -2.33. The second-order valence-corrected chi connectivity index (χ2v) is 5.71. The van der Waals surface area contributed by atoms with Crippen LogP contribution in [0.3, 0.4) is 0 Å². The molecule has 1 unspecified atom stereocenters. The van der Waals surface area contributed by atoms with E-state index >= 15 is 0 Å². The first kappa shape index (κ1) is 15.5. The maximum absolute atomic E-state index is 11.9. The van der Waals surface area contributed by atoms with Crippen molar-refractivity contribution in [2.75, 3.05) is 20.2 Å².